The molecule has 5 N–H and O–H groups in total. The molecule has 0 radical (unpaired) electrons. The van der Waals surface area contributed by atoms with E-state index in [1.54, 1.807) is 0 Å². The minimum atomic E-state index is 0.348. The monoisotopic (exact) mass is 150 g/mol. The highest BCUT2D eigenvalue weighted by atomic mass is 15.2. The summed E-state index contributed by atoms with van der Waals surface area (Å²) in [5.74, 6) is 0.749. The van der Waals surface area contributed by atoms with Crippen LogP contribution in [-0.4, -0.2) is 20.2 Å². The van der Waals surface area contributed by atoms with Crippen LogP contribution < -0.4 is 11.5 Å². The van der Waals surface area contributed by atoms with Gasteiger partial charge < -0.3 is 11.5 Å². The molecular weight excluding hydrogens is 144 g/mol. The number of nitrogen functional groups attached to an aromatic ring is 2. The Kier molecular flexibility index (Phi) is 0.974. The molecule has 6 heteroatoms. The zero-order valence-corrected chi connectivity index (χ0v) is 5.57. The Morgan fingerprint density at radius 2 is 2.09 bits per heavy atom. The average Bonchev–Trinajstić information content (AvgIpc) is 2.34. The van der Waals surface area contributed by atoms with Crippen LogP contribution >= 0.6 is 0 Å². The number of hydrogen-bond acceptors (Lipinski definition) is 5. The number of nitrogens with zero attached hydrogens (tertiary/aromatic N) is 3. The third-order valence-electron chi connectivity index (χ3n) is 1.41. The van der Waals surface area contributed by atoms with Gasteiger partial charge in [-0.05, 0) is 0 Å². The largest absolute Gasteiger partial charge is 0.383 e. The molecule has 0 bridgehead atoms. The maximum Gasteiger partial charge on any atom is 0.188 e. The molecule has 0 saturated heterocycles. The zero-order valence-electron chi connectivity index (χ0n) is 5.57. The Morgan fingerprint density at radius 1 is 1.27 bits per heavy atom. The van der Waals surface area contributed by atoms with E-state index in [4.69, 9.17) is 11.5 Å². The van der Waals surface area contributed by atoms with Crippen molar-refractivity contribution in [1.82, 2.24) is 20.2 Å². The maximum atomic E-state index is 5.51. The van der Waals surface area contributed by atoms with Crippen LogP contribution in [0, 0.1) is 0 Å². The second-order valence-electron chi connectivity index (χ2n) is 2.09. The van der Waals surface area contributed by atoms with Crippen LogP contribution in [0.3, 0.4) is 0 Å². The molecule has 2 heterocycles. The smallest absolute Gasteiger partial charge is 0.188 e. The van der Waals surface area contributed by atoms with Gasteiger partial charge in [0.1, 0.15) is 23.3 Å². The van der Waals surface area contributed by atoms with Gasteiger partial charge in [-0.2, -0.15) is 5.10 Å². The van der Waals surface area contributed by atoms with E-state index in [0.717, 1.165) is 0 Å². The Morgan fingerprint density at radius 3 is 2.82 bits per heavy atom. The number of fused-ring (bicyclic) bond motifs is 1. The van der Waals surface area contributed by atoms with Crippen molar-refractivity contribution in [3.63, 3.8) is 0 Å². The summed E-state index contributed by atoms with van der Waals surface area (Å²) in [6.07, 6.45) is 1.35. The lowest BCUT2D eigenvalue weighted by Crippen LogP contribution is -1.93. The van der Waals surface area contributed by atoms with Gasteiger partial charge in [-0.15, -0.1) is 0 Å². The average molecular weight is 150 g/mol. The lowest BCUT2D eigenvalue weighted by molar-refractivity contribution is 1.09. The molecule has 0 saturated carbocycles. The SMILES string of the molecule is Nc1ncnc2n[nH]c(N)c12. The Hall–Kier alpha value is -1.85. The molecule has 0 aliphatic carbocycles. The number of aromatic amines is 1. The molecule has 0 aliphatic rings. The van der Waals surface area contributed by atoms with Crippen molar-refractivity contribution in [3.05, 3.63) is 6.33 Å². The number of hydrogen-bond donors (Lipinski definition) is 3. The van der Waals surface area contributed by atoms with Crippen LogP contribution in [-0.2, 0) is 0 Å². The topological polar surface area (TPSA) is 106 Å². The molecule has 2 rings (SSSR count). The van der Waals surface area contributed by atoms with E-state index in [1.165, 1.54) is 6.33 Å². The molecule has 6 nitrogen and oxygen atoms in total. The zero-order chi connectivity index (χ0) is 7.84. The first kappa shape index (κ1) is 5.90. The minimum absolute atomic E-state index is 0.348. The Labute approximate surface area is 61.6 Å². The number of nitrogens with two attached hydrogens (primary N) is 2. The second-order valence-corrected chi connectivity index (χ2v) is 2.09. The van der Waals surface area contributed by atoms with Gasteiger partial charge in [-0.3, -0.25) is 5.10 Å². The summed E-state index contributed by atoms with van der Waals surface area (Å²) < 4.78 is 0. The van der Waals surface area contributed by atoms with Gasteiger partial charge in [0.05, 0.1) is 0 Å². The van der Waals surface area contributed by atoms with Crippen LogP contribution in [0.25, 0.3) is 11.0 Å². The van der Waals surface area contributed by atoms with Gasteiger partial charge in [-0.25, -0.2) is 9.97 Å². The van der Waals surface area contributed by atoms with E-state index in [-0.39, 0.29) is 0 Å². The summed E-state index contributed by atoms with van der Waals surface area (Å²) in [5.41, 5.74) is 11.5. The molecule has 0 atom stereocenters. The van der Waals surface area contributed by atoms with E-state index >= 15 is 0 Å². The Bertz CT molecular complexity index is 391. The number of rotatable bonds is 0. The van der Waals surface area contributed by atoms with Crippen LogP contribution in [0.15, 0.2) is 6.33 Å². The molecule has 2 aromatic rings. The minimum Gasteiger partial charge on any atom is -0.383 e. The van der Waals surface area contributed by atoms with Crippen molar-refractivity contribution in [2.45, 2.75) is 0 Å². The van der Waals surface area contributed by atoms with Gasteiger partial charge >= 0.3 is 0 Å². The van der Waals surface area contributed by atoms with Crippen LogP contribution in [0.1, 0.15) is 0 Å². The molecule has 0 fully saturated rings. The highest BCUT2D eigenvalue weighted by Gasteiger charge is 2.05. The van der Waals surface area contributed by atoms with Crippen LogP contribution in [0.2, 0.25) is 0 Å². The lowest BCUT2D eigenvalue weighted by atomic mass is 10.4. The molecular formula is C5H6N6. The first-order valence-electron chi connectivity index (χ1n) is 2.99. The number of H-pyrrole nitrogens is 1. The highest BCUT2D eigenvalue weighted by Crippen LogP contribution is 2.19. The lowest BCUT2D eigenvalue weighted by Gasteiger charge is -1.91. The molecule has 0 aromatic carbocycles. The van der Waals surface area contributed by atoms with Crippen molar-refractivity contribution < 1.29 is 0 Å². The first-order valence-corrected chi connectivity index (χ1v) is 2.99. The van der Waals surface area contributed by atoms with Gasteiger partial charge in [0.2, 0.25) is 0 Å². The standard InChI is InChI=1S/C5H6N6/c6-3-2-4(7)10-11-5(2)9-1-8-3/h1H,(H5,6,7,8,9,10,11). The predicted molar refractivity (Wildman–Crippen MR) is 40.5 cm³/mol. The van der Waals surface area contributed by atoms with Gasteiger partial charge in [0.15, 0.2) is 5.65 Å². The molecule has 56 valence electrons. The number of nitrogens with one attached hydrogen (secondary N) is 1. The summed E-state index contributed by atoms with van der Waals surface area (Å²) in [7, 11) is 0. The predicted octanol–water partition coefficient (Wildman–Crippen LogP) is -0.483. The Balaban J connectivity index is 2.96. The van der Waals surface area contributed by atoms with Crippen molar-refractivity contribution in [1.29, 1.82) is 0 Å². The summed E-state index contributed by atoms with van der Waals surface area (Å²) in [5, 5.41) is 6.95. The third kappa shape index (κ3) is 0.689. The van der Waals surface area contributed by atoms with Gasteiger partial charge in [-0.1, -0.05) is 0 Å². The quantitative estimate of drug-likeness (QED) is 0.470. The third-order valence-corrected chi connectivity index (χ3v) is 1.41. The van der Waals surface area contributed by atoms with E-state index < -0.39 is 0 Å². The second kappa shape index (κ2) is 1.82. The van der Waals surface area contributed by atoms with E-state index in [1.807, 2.05) is 0 Å². The fourth-order valence-corrected chi connectivity index (χ4v) is 0.902. The van der Waals surface area contributed by atoms with Gasteiger partial charge in [0, 0.05) is 0 Å². The molecule has 2 aromatic heterocycles. The van der Waals surface area contributed by atoms with Crippen LogP contribution in [0.4, 0.5) is 11.6 Å². The molecule has 0 aliphatic heterocycles. The molecule has 0 amide bonds. The van der Waals surface area contributed by atoms with Gasteiger partial charge in [0.25, 0.3) is 0 Å². The summed E-state index contributed by atoms with van der Waals surface area (Å²) in [6, 6.07) is 0. The van der Waals surface area contributed by atoms with Crippen molar-refractivity contribution >= 4 is 22.7 Å². The van der Waals surface area contributed by atoms with Crippen molar-refractivity contribution in [2.75, 3.05) is 11.5 Å². The highest BCUT2D eigenvalue weighted by molar-refractivity contribution is 5.94. The molecule has 0 spiro atoms. The fraction of sp³-hybridized carbons (Fsp3) is 0. The summed E-state index contributed by atoms with van der Waals surface area (Å²) in [6.45, 7) is 0. The van der Waals surface area contributed by atoms with E-state index in [9.17, 15) is 0 Å². The summed E-state index contributed by atoms with van der Waals surface area (Å²) in [4.78, 5) is 7.62. The molecule has 11 heavy (non-hydrogen) atoms. The molecule has 0 unspecified atom stereocenters. The first-order chi connectivity index (χ1) is 5.29. The van der Waals surface area contributed by atoms with E-state index in [2.05, 4.69) is 20.2 Å². The number of aromatic nitrogens is 4. The fourth-order valence-electron chi connectivity index (χ4n) is 0.902. The van der Waals surface area contributed by atoms with E-state index in [0.29, 0.717) is 22.7 Å². The summed E-state index contributed by atoms with van der Waals surface area (Å²) >= 11 is 0. The maximum absolute atomic E-state index is 5.51. The van der Waals surface area contributed by atoms with Crippen LogP contribution in [0.5, 0.6) is 0 Å². The van der Waals surface area contributed by atoms with Crippen molar-refractivity contribution in [3.8, 4) is 0 Å². The number of anilines is 2. The normalized spacial score (nSPS) is 10.5. The van der Waals surface area contributed by atoms with Crippen molar-refractivity contribution in [2.24, 2.45) is 0 Å².